The first-order valence-electron chi connectivity index (χ1n) is 7.28. The van der Waals surface area contributed by atoms with Crippen molar-refractivity contribution < 1.29 is 18.8 Å². The molecule has 1 atom stereocenters. The largest absolute Gasteiger partial charge is 0.443 e. The van der Waals surface area contributed by atoms with Gasteiger partial charge in [0, 0.05) is 11.6 Å². The van der Waals surface area contributed by atoms with Crippen molar-refractivity contribution in [1.82, 2.24) is 5.16 Å². The summed E-state index contributed by atoms with van der Waals surface area (Å²) in [6.07, 6.45) is -1.11. The Morgan fingerprint density at radius 3 is 2.60 bits per heavy atom. The average Bonchev–Trinajstić information content (AvgIpc) is 3.21. The summed E-state index contributed by atoms with van der Waals surface area (Å²) in [5.74, 6) is -0.259. The van der Waals surface area contributed by atoms with Crippen LogP contribution in [0.1, 0.15) is 27.1 Å². The second-order valence-corrected chi connectivity index (χ2v) is 7.57. The fraction of sp³-hybridized carbons (Fsp3) is 0.118. The zero-order valence-corrected chi connectivity index (χ0v) is 15.5. The molecule has 0 aliphatic carbocycles. The van der Waals surface area contributed by atoms with E-state index in [1.165, 1.54) is 11.3 Å². The third-order valence-corrected chi connectivity index (χ3v) is 4.82. The lowest BCUT2D eigenvalue weighted by Crippen LogP contribution is -2.25. The number of amides is 1. The number of aryl methyl sites for hydroxylation is 1. The predicted octanol–water partition coefficient (Wildman–Crippen LogP) is 4.34. The molecule has 0 aliphatic rings. The first-order chi connectivity index (χ1) is 12.0. The summed E-state index contributed by atoms with van der Waals surface area (Å²) in [4.78, 5) is 25.4. The summed E-state index contributed by atoms with van der Waals surface area (Å²) < 4.78 is 11.2. The van der Waals surface area contributed by atoms with Crippen LogP contribution in [-0.2, 0) is 9.53 Å². The van der Waals surface area contributed by atoms with E-state index in [1.54, 1.807) is 49.4 Å². The standard InChI is InChI=1S/C17H13BrN2O4S/c1-10-9-14(20-24-10)19-16(21)15(11-5-3-2-4-6-11)23-17(22)12-7-8-13(18)25-12/h2-9,15H,1H3,(H,19,20,21). The third kappa shape index (κ3) is 4.34. The Hall–Kier alpha value is -2.45. The van der Waals surface area contributed by atoms with Crippen LogP contribution < -0.4 is 5.32 Å². The third-order valence-electron chi connectivity index (χ3n) is 3.22. The van der Waals surface area contributed by atoms with Crippen LogP contribution in [0.15, 0.2) is 56.8 Å². The molecule has 0 fully saturated rings. The molecule has 3 rings (SSSR count). The number of aromatic nitrogens is 1. The zero-order chi connectivity index (χ0) is 17.8. The highest BCUT2D eigenvalue weighted by molar-refractivity contribution is 9.11. The van der Waals surface area contributed by atoms with Gasteiger partial charge in [0.25, 0.3) is 5.91 Å². The molecule has 0 aliphatic heterocycles. The van der Waals surface area contributed by atoms with Crippen molar-refractivity contribution in [1.29, 1.82) is 0 Å². The monoisotopic (exact) mass is 420 g/mol. The summed E-state index contributed by atoms with van der Waals surface area (Å²) in [7, 11) is 0. The van der Waals surface area contributed by atoms with Gasteiger partial charge in [0.05, 0.1) is 3.79 Å². The second-order valence-electron chi connectivity index (χ2n) is 5.11. The maximum atomic E-state index is 12.6. The van der Waals surface area contributed by atoms with Crippen molar-refractivity contribution in [3.63, 3.8) is 0 Å². The number of ether oxygens (including phenoxy) is 1. The predicted molar refractivity (Wildman–Crippen MR) is 96.5 cm³/mol. The van der Waals surface area contributed by atoms with E-state index in [1.807, 2.05) is 6.07 Å². The molecule has 0 saturated carbocycles. The van der Waals surface area contributed by atoms with Gasteiger partial charge in [-0.2, -0.15) is 0 Å². The minimum absolute atomic E-state index is 0.262. The first kappa shape index (κ1) is 17.4. The Labute approximate surface area is 155 Å². The second kappa shape index (κ2) is 7.62. The van der Waals surface area contributed by atoms with E-state index < -0.39 is 18.0 Å². The molecule has 0 saturated heterocycles. The number of nitrogens with one attached hydrogen (secondary N) is 1. The molecule has 0 bridgehead atoms. The number of nitrogens with zero attached hydrogens (tertiary/aromatic N) is 1. The van der Waals surface area contributed by atoms with Crippen LogP contribution in [0.5, 0.6) is 0 Å². The summed E-state index contributed by atoms with van der Waals surface area (Å²) in [6.45, 7) is 1.71. The lowest BCUT2D eigenvalue weighted by atomic mass is 10.1. The van der Waals surface area contributed by atoms with E-state index in [-0.39, 0.29) is 5.82 Å². The SMILES string of the molecule is Cc1cc(NC(=O)C(OC(=O)c2ccc(Br)s2)c2ccccc2)no1. The smallest absolute Gasteiger partial charge is 0.349 e. The van der Waals surface area contributed by atoms with Gasteiger partial charge in [-0.05, 0) is 35.0 Å². The molecule has 2 heterocycles. The molecule has 1 N–H and O–H groups in total. The molecule has 1 aromatic carbocycles. The molecule has 8 heteroatoms. The molecule has 3 aromatic rings. The lowest BCUT2D eigenvalue weighted by Gasteiger charge is -2.16. The Morgan fingerprint density at radius 1 is 1.24 bits per heavy atom. The molecule has 128 valence electrons. The number of esters is 1. The van der Waals surface area contributed by atoms with Crippen molar-refractivity contribution >= 4 is 45.0 Å². The van der Waals surface area contributed by atoms with Gasteiger partial charge in [-0.15, -0.1) is 11.3 Å². The molecular weight excluding hydrogens is 408 g/mol. The van der Waals surface area contributed by atoms with Gasteiger partial charge in [-0.3, -0.25) is 4.79 Å². The summed E-state index contributed by atoms with van der Waals surface area (Å²) in [5.41, 5.74) is 0.559. The van der Waals surface area contributed by atoms with Gasteiger partial charge < -0.3 is 14.6 Å². The number of hydrogen-bond acceptors (Lipinski definition) is 6. The highest BCUT2D eigenvalue weighted by atomic mass is 79.9. The van der Waals surface area contributed by atoms with Crippen LogP contribution in [0.3, 0.4) is 0 Å². The van der Waals surface area contributed by atoms with E-state index in [0.29, 0.717) is 16.2 Å². The molecule has 1 unspecified atom stereocenters. The maximum absolute atomic E-state index is 12.6. The molecule has 25 heavy (non-hydrogen) atoms. The van der Waals surface area contributed by atoms with Gasteiger partial charge in [-0.25, -0.2) is 4.79 Å². The number of rotatable bonds is 5. The fourth-order valence-electron chi connectivity index (χ4n) is 2.11. The fourth-order valence-corrected chi connectivity index (χ4v) is 3.38. The molecule has 0 radical (unpaired) electrons. The van der Waals surface area contributed by atoms with Crippen molar-refractivity contribution in [2.75, 3.05) is 5.32 Å². The van der Waals surface area contributed by atoms with Crippen LogP contribution in [0.4, 0.5) is 5.82 Å². The minimum atomic E-state index is -1.11. The highest BCUT2D eigenvalue weighted by Crippen LogP contribution is 2.26. The number of thiophene rings is 1. The van der Waals surface area contributed by atoms with Crippen LogP contribution in [0, 0.1) is 6.92 Å². The number of anilines is 1. The van der Waals surface area contributed by atoms with Crippen molar-refractivity contribution in [2.45, 2.75) is 13.0 Å². The quantitative estimate of drug-likeness (QED) is 0.620. The van der Waals surface area contributed by atoms with E-state index in [2.05, 4.69) is 26.4 Å². The normalized spacial score (nSPS) is 11.8. The summed E-state index contributed by atoms with van der Waals surface area (Å²) in [6, 6.07) is 13.8. The molecule has 6 nitrogen and oxygen atoms in total. The van der Waals surface area contributed by atoms with E-state index in [4.69, 9.17) is 9.26 Å². The van der Waals surface area contributed by atoms with Crippen LogP contribution >= 0.6 is 27.3 Å². The molecular formula is C17H13BrN2O4S. The number of benzene rings is 1. The van der Waals surface area contributed by atoms with Gasteiger partial charge in [0.1, 0.15) is 10.6 Å². The van der Waals surface area contributed by atoms with Crippen LogP contribution in [0.2, 0.25) is 0 Å². The Morgan fingerprint density at radius 2 is 2.00 bits per heavy atom. The first-order valence-corrected chi connectivity index (χ1v) is 8.89. The van der Waals surface area contributed by atoms with Crippen LogP contribution in [0.25, 0.3) is 0 Å². The zero-order valence-electron chi connectivity index (χ0n) is 13.1. The maximum Gasteiger partial charge on any atom is 0.349 e. The topological polar surface area (TPSA) is 81.4 Å². The molecule has 2 aromatic heterocycles. The Kier molecular flexibility index (Phi) is 5.30. The lowest BCUT2D eigenvalue weighted by molar-refractivity contribution is -0.125. The number of halogens is 1. The summed E-state index contributed by atoms with van der Waals surface area (Å²) >= 11 is 4.53. The number of hydrogen-bond donors (Lipinski definition) is 1. The van der Waals surface area contributed by atoms with Crippen LogP contribution in [-0.4, -0.2) is 17.0 Å². The number of carbonyl (C=O) groups excluding carboxylic acids is 2. The minimum Gasteiger partial charge on any atom is -0.443 e. The molecule has 0 spiro atoms. The van der Waals surface area contributed by atoms with E-state index >= 15 is 0 Å². The Bertz CT molecular complexity index is 891. The molecule has 1 amide bonds. The van der Waals surface area contributed by atoms with Gasteiger partial charge in [0.15, 0.2) is 5.82 Å². The summed E-state index contributed by atoms with van der Waals surface area (Å²) in [5, 5.41) is 6.32. The van der Waals surface area contributed by atoms with E-state index in [9.17, 15) is 9.59 Å². The van der Waals surface area contributed by atoms with Gasteiger partial charge in [-0.1, -0.05) is 35.5 Å². The van der Waals surface area contributed by atoms with Crippen molar-refractivity contribution in [2.24, 2.45) is 0 Å². The van der Waals surface area contributed by atoms with Crippen molar-refractivity contribution in [3.05, 3.63) is 68.5 Å². The van der Waals surface area contributed by atoms with Gasteiger partial charge in [0.2, 0.25) is 6.10 Å². The van der Waals surface area contributed by atoms with Crippen molar-refractivity contribution in [3.8, 4) is 0 Å². The average molecular weight is 421 g/mol. The Balaban J connectivity index is 1.82. The van der Waals surface area contributed by atoms with E-state index in [0.717, 1.165) is 3.79 Å². The highest BCUT2D eigenvalue weighted by Gasteiger charge is 2.27. The number of carbonyl (C=O) groups is 2. The van der Waals surface area contributed by atoms with Gasteiger partial charge >= 0.3 is 5.97 Å².